The Morgan fingerprint density at radius 3 is 2.85 bits per heavy atom. The minimum Gasteiger partial charge on any atom is -0.465 e. The summed E-state index contributed by atoms with van der Waals surface area (Å²) in [5.74, 6) is -0.327. The van der Waals surface area contributed by atoms with Crippen LogP contribution < -0.4 is 10.6 Å². The molecule has 0 amide bonds. The molecule has 1 aromatic rings. The zero-order valence-corrected chi connectivity index (χ0v) is 12.2. The Morgan fingerprint density at radius 2 is 2.20 bits per heavy atom. The Labute approximate surface area is 119 Å². The van der Waals surface area contributed by atoms with E-state index in [9.17, 15) is 4.79 Å². The summed E-state index contributed by atoms with van der Waals surface area (Å²) in [6.07, 6.45) is 2.27. The van der Waals surface area contributed by atoms with Gasteiger partial charge in [-0.1, -0.05) is 6.07 Å². The van der Waals surface area contributed by atoms with E-state index in [0.717, 1.165) is 30.6 Å². The van der Waals surface area contributed by atoms with Crippen LogP contribution in [0.4, 0.5) is 5.69 Å². The van der Waals surface area contributed by atoms with Crippen molar-refractivity contribution >= 4 is 11.7 Å². The Morgan fingerprint density at radius 1 is 1.40 bits per heavy atom. The highest BCUT2D eigenvalue weighted by Crippen LogP contribution is 2.28. The molecule has 1 aromatic carbocycles. The molecule has 0 spiro atoms. The summed E-state index contributed by atoms with van der Waals surface area (Å²) >= 11 is 0. The van der Waals surface area contributed by atoms with Gasteiger partial charge in [-0.05, 0) is 37.1 Å². The number of benzene rings is 1. The van der Waals surface area contributed by atoms with Crippen molar-refractivity contribution in [1.29, 1.82) is 0 Å². The Hall–Kier alpha value is -1.59. The summed E-state index contributed by atoms with van der Waals surface area (Å²) < 4.78 is 10.2. The lowest BCUT2D eigenvalue weighted by atomic mass is 9.94. The number of carbonyl (C=O) groups excluding carboxylic acids is 1. The van der Waals surface area contributed by atoms with Gasteiger partial charge in [0, 0.05) is 25.9 Å². The number of hydrogen-bond acceptors (Lipinski definition) is 5. The third-order valence-corrected chi connectivity index (χ3v) is 3.81. The molecular formula is C15H22N2O3. The molecule has 2 N–H and O–H groups in total. The molecule has 110 valence electrons. The van der Waals surface area contributed by atoms with E-state index in [-0.39, 0.29) is 12.0 Å². The first kappa shape index (κ1) is 14.8. The van der Waals surface area contributed by atoms with Crippen LogP contribution in [0.25, 0.3) is 0 Å². The molecule has 5 nitrogen and oxygen atoms in total. The fourth-order valence-electron chi connectivity index (χ4n) is 2.62. The number of esters is 1. The van der Waals surface area contributed by atoms with Crippen LogP contribution in [0.5, 0.6) is 0 Å². The maximum absolute atomic E-state index is 11.7. The maximum atomic E-state index is 11.7. The van der Waals surface area contributed by atoms with Crippen molar-refractivity contribution in [3.8, 4) is 0 Å². The van der Waals surface area contributed by atoms with Gasteiger partial charge in [-0.25, -0.2) is 4.79 Å². The van der Waals surface area contributed by atoms with Crippen LogP contribution in [-0.2, 0) is 9.47 Å². The number of nitrogens with one attached hydrogen (secondary N) is 2. The quantitative estimate of drug-likeness (QED) is 0.824. The van der Waals surface area contributed by atoms with Gasteiger partial charge in [-0.15, -0.1) is 0 Å². The second-order valence-electron chi connectivity index (χ2n) is 4.94. The Kier molecular flexibility index (Phi) is 4.98. The third-order valence-electron chi connectivity index (χ3n) is 3.81. The molecule has 1 saturated heterocycles. The van der Waals surface area contributed by atoms with E-state index >= 15 is 0 Å². The lowest BCUT2D eigenvalue weighted by molar-refractivity contribution is 0.0599. The molecular weight excluding hydrogens is 256 g/mol. The maximum Gasteiger partial charge on any atom is 0.339 e. The first-order chi connectivity index (χ1) is 9.69. The molecule has 20 heavy (non-hydrogen) atoms. The summed E-state index contributed by atoms with van der Waals surface area (Å²) in [5, 5.41) is 6.55. The van der Waals surface area contributed by atoms with E-state index in [0.29, 0.717) is 11.7 Å². The lowest BCUT2D eigenvalue weighted by Crippen LogP contribution is -2.35. The number of rotatable bonds is 4. The first-order valence-corrected chi connectivity index (χ1v) is 6.85. The Balaban J connectivity index is 2.22. The van der Waals surface area contributed by atoms with Gasteiger partial charge in [-0.3, -0.25) is 0 Å². The van der Waals surface area contributed by atoms with Gasteiger partial charge in [0.05, 0.1) is 18.8 Å². The SMILES string of the molecule is CNc1cc(C2CC(OC)CCN2)ccc1C(=O)OC. The minimum atomic E-state index is -0.327. The van der Waals surface area contributed by atoms with Crippen LogP contribution in [0.2, 0.25) is 0 Å². The van der Waals surface area contributed by atoms with Gasteiger partial charge in [0.25, 0.3) is 0 Å². The smallest absolute Gasteiger partial charge is 0.339 e. The highest BCUT2D eigenvalue weighted by atomic mass is 16.5. The molecule has 2 unspecified atom stereocenters. The fourth-order valence-corrected chi connectivity index (χ4v) is 2.62. The molecule has 0 aromatic heterocycles. The van der Waals surface area contributed by atoms with E-state index in [1.165, 1.54) is 7.11 Å². The molecule has 0 aliphatic carbocycles. The standard InChI is InChI=1S/C15H22N2O3/c1-16-14-8-10(4-5-12(14)15(18)20-3)13-9-11(19-2)6-7-17-13/h4-5,8,11,13,16-17H,6-7,9H2,1-3H3. The van der Waals surface area contributed by atoms with Crippen molar-refractivity contribution in [2.75, 3.05) is 33.1 Å². The summed E-state index contributed by atoms with van der Waals surface area (Å²) in [4.78, 5) is 11.7. The van der Waals surface area contributed by atoms with Gasteiger partial charge >= 0.3 is 5.97 Å². The second-order valence-corrected chi connectivity index (χ2v) is 4.94. The number of hydrogen-bond donors (Lipinski definition) is 2. The van der Waals surface area contributed by atoms with E-state index in [1.807, 2.05) is 18.2 Å². The zero-order valence-electron chi connectivity index (χ0n) is 12.2. The van der Waals surface area contributed by atoms with E-state index in [2.05, 4.69) is 10.6 Å². The van der Waals surface area contributed by atoms with Gasteiger partial charge in [0.1, 0.15) is 0 Å². The summed E-state index contributed by atoms with van der Waals surface area (Å²) in [7, 11) is 4.95. The van der Waals surface area contributed by atoms with Crippen molar-refractivity contribution in [3.05, 3.63) is 29.3 Å². The third kappa shape index (κ3) is 3.11. The van der Waals surface area contributed by atoms with Crippen LogP contribution in [0.1, 0.15) is 34.8 Å². The number of ether oxygens (including phenoxy) is 2. The molecule has 2 rings (SSSR count). The summed E-state index contributed by atoms with van der Waals surface area (Å²) in [5.41, 5.74) is 2.50. The van der Waals surface area contributed by atoms with Crippen molar-refractivity contribution in [2.24, 2.45) is 0 Å². The predicted molar refractivity (Wildman–Crippen MR) is 78.1 cm³/mol. The molecule has 0 radical (unpaired) electrons. The van der Waals surface area contributed by atoms with Crippen LogP contribution in [0, 0.1) is 0 Å². The van der Waals surface area contributed by atoms with Crippen LogP contribution >= 0.6 is 0 Å². The average Bonchev–Trinajstić information content (AvgIpc) is 2.53. The lowest BCUT2D eigenvalue weighted by Gasteiger charge is -2.30. The molecule has 1 heterocycles. The van der Waals surface area contributed by atoms with E-state index < -0.39 is 0 Å². The molecule has 2 atom stereocenters. The summed E-state index contributed by atoms with van der Waals surface area (Å²) in [6, 6.07) is 6.04. The van der Waals surface area contributed by atoms with Gasteiger partial charge < -0.3 is 20.1 Å². The first-order valence-electron chi connectivity index (χ1n) is 6.85. The molecule has 5 heteroatoms. The number of piperidine rings is 1. The summed E-state index contributed by atoms with van der Waals surface area (Å²) in [6.45, 7) is 0.941. The van der Waals surface area contributed by atoms with E-state index in [1.54, 1.807) is 14.2 Å². The minimum absolute atomic E-state index is 0.257. The van der Waals surface area contributed by atoms with Gasteiger partial charge in [0.2, 0.25) is 0 Å². The predicted octanol–water partition coefficient (Wildman–Crippen LogP) is 1.95. The highest BCUT2D eigenvalue weighted by Gasteiger charge is 2.23. The molecule has 0 saturated carbocycles. The van der Waals surface area contributed by atoms with Gasteiger partial charge in [0.15, 0.2) is 0 Å². The van der Waals surface area contributed by atoms with E-state index in [4.69, 9.17) is 9.47 Å². The van der Waals surface area contributed by atoms with Crippen molar-refractivity contribution in [2.45, 2.75) is 25.0 Å². The molecule has 1 aliphatic heterocycles. The zero-order chi connectivity index (χ0) is 14.5. The number of anilines is 1. The number of methoxy groups -OCH3 is 2. The van der Waals surface area contributed by atoms with Crippen molar-refractivity contribution < 1.29 is 14.3 Å². The van der Waals surface area contributed by atoms with Crippen LogP contribution in [0.15, 0.2) is 18.2 Å². The highest BCUT2D eigenvalue weighted by molar-refractivity contribution is 5.95. The molecule has 1 aliphatic rings. The van der Waals surface area contributed by atoms with Crippen LogP contribution in [-0.4, -0.2) is 39.9 Å². The normalized spacial score (nSPS) is 22.4. The fraction of sp³-hybridized carbons (Fsp3) is 0.533. The average molecular weight is 278 g/mol. The Bertz CT molecular complexity index is 476. The second kappa shape index (κ2) is 6.72. The van der Waals surface area contributed by atoms with Crippen molar-refractivity contribution in [1.82, 2.24) is 5.32 Å². The molecule has 0 bridgehead atoms. The van der Waals surface area contributed by atoms with Crippen LogP contribution in [0.3, 0.4) is 0 Å². The number of carbonyl (C=O) groups is 1. The monoisotopic (exact) mass is 278 g/mol. The molecule has 1 fully saturated rings. The topological polar surface area (TPSA) is 59.6 Å². The van der Waals surface area contributed by atoms with Crippen molar-refractivity contribution in [3.63, 3.8) is 0 Å². The van der Waals surface area contributed by atoms with Gasteiger partial charge in [-0.2, -0.15) is 0 Å². The largest absolute Gasteiger partial charge is 0.465 e.